The monoisotopic (exact) mass is 473 g/mol. The van der Waals surface area contributed by atoms with Crippen LogP contribution in [0.3, 0.4) is 0 Å². The minimum Gasteiger partial charge on any atom is -0.478 e. The number of carbonyl (C=O) groups is 2. The van der Waals surface area contributed by atoms with E-state index in [0.717, 1.165) is 26.9 Å². The Labute approximate surface area is 186 Å². The molecule has 7 heteroatoms. The van der Waals surface area contributed by atoms with Crippen molar-refractivity contribution in [2.45, 2.75) is 6.04 Å². The summed E-state index contributed by atoms with van der Waals surface area (Å²) >= 11 is 3.53. The Morgan fingerprint density at radius 1 is 1.00 bits per heavy atom. The minimum atomic E-state index is -1.01. The lowest BCUT2D eigenvalue weighted by molar-refractivity contribution is 0.0696. The van der Waals surface area contributed by atoms with Gasteiger partial charge in [-0.05, 0) is 42.0 Å². The number of H-pyrrole nitrogens is 1. The molecule has 0 saturated heterocycles. The van der Waals surface area contributed by atoms with Gasteiger partial charge >= 0.3 is 5.97 Å². The summed E-state index contributed by atoms with van der Waals surface area (Å²) in [5.41, 5.74) is 4.57. The van der Waals surface area contributed by atoms with Crippen molar-refractivity contribution in [1.82, 2.24) is 10.2 Å². The van der Waals surface area contributed by atoms with Crippen LogP contribution in [0.4, 0.5) is 5.69 Å². The molecule has 1 aliphatic heterocycles. The number of carboxylic acid groups (broad SMARTS) is 1. The predicted octanol–water partition coefficient (Wildman–Crippen LogP) is 5.29. The van der Waals surface area contributed by atoms with Crippen LogP contribution < -0.4 is 4.90 Å². The van der Waals surface area contributed by atoms with Gasteiger partial charge in [-0.15, -0.1) is 0 Å². The zero-order valence-electron chi connectivity index (χ0n) is 16.1. The van der Waals surface area contributed by atoms with E-state index in [9.17, 15) is 14.7 Å². The maximum absolute atomic E-state index is 13.5. The van der Waals surface area contributed by atoms with E-state index < -0.39 is 12.0 Å². The van der Waals surface area contributed by atoms with Gasteiger partial charge in [-0.2, -0.15) is 5.10 Å². The van der Waals surface area contributed by atoms with Gasteiger partial charge in [-0.25, -0.2) is 4.79 Å². The molecule has 0 fully saturated rings. The molecule has 4 aromatic rings. The van der Waals surface area contributed by atoms with Crippen LogP contribution in [0.25, 0.3) is 11.3 Å². The first kappa shape index (κ1) is 19.3. The Morgan fingerprint density at radius 2 is 1.74 bits per heavy atom. The second-order valence-electron chi connectivity index (χ2n) is 7.21. The number of halogens is 1. The third kappa shape index (κ3) is 3.23. The van der Waals surface area contributed by atoms with Gasteiger partial charge < -0.3 is 5.11 Å². The average Bonchev–Trinajstić information content (AvgIpc) is 3.33. The Kier molecular flexibility index (Phi) is 4.67. The SMILES string of the molecule is O=C(O)c1ccc(N2C(=O)c3[nH]nc(-c4ccccc4)c3[C@@H]2c2cccc(Br)c2)cc1. The molecule has 1 atom stereocenters. The number of carboxylic acids is 1. The number of aromatic carboxylic acids is 1. The van der Waals surface area contributed by atoms with Crippen LogP contribution in [-0.4, -0.2) is 27.2 Å². The minimum absolute atomic E-state index is 0.166. The van der Waals surface area contributed by atoms with Crippen molar-refractivity contribution in [2.75, 3.05) is 4.90 Å². The molecule has 2 N–H and O–H groups in total. The molecular formula is C24H16BrN3O3. The number of anilines is 1. The largest absolute Gasteiger partial charge is 0.478 e. The van der Waals surface area contributed by atoms with Gasteiger partial charge in [0.15, 0.2) is 0 Å². The highest BCUT2D eigenvalue weighted by Crippen LogP contribution is 2.45. The smallest absolute Gasteiger partial charge is 0.335 e. The van der Waals surface area contributed by atoms with Gasteiger partial charge in [0.05, 0.1) is 17.3 Å². The van der Waals surface area contributed by atoms with Crippen LogP contribution >= 0.6 is 15.9 Å². The van der Waals surface area contributed by atoms with Gasteiger partial charge in [0.2, 0.25) is 0 Å². The van der Waals surface area contributed by atoms with Gasteiger partial charge in [0, 0.05) is 21.3 Å². The van der Waals surface area contributed by atoms with E-state index in [1.54, 1.807) is 17.0 Å². The van der Waals surface area contributed by atoms with Crippen LogP contribution in [0.1, 0.15) is 38.0 Å². The fourth-order valence-electron chi connectivity index (χ4n) is 3.99. The van der Waals surface area contributed by atoms with Gasteiger partial charge in [-0.1, -0.05) is 58.4 Å². The molecule has 152 valence electrons. The summed E-state index contributed by atoms with van der Waals surface area (Å²) in [7, 11) is 0. The third-order valence-electron chi connectivity index (χ3n) is 5.37. The summed E-state index contributed by atoms with van der Waals surface area (Å²) in [6.07, 6.45) is 0. The number of fused-ring (bicyclic) bond motifs is 1. The quantitative estimate of drug-likeness (QED) is 0.421. The first-order valence-corrected chi connectivity index (χ1v) is 10.4. The first-order valence-electron chi connectivity index (χ1n) is 9.60. The molecular weight excluding hydrogens is 458 g/mol. The maximum Gasteiger partial charge on any atom is 0.335 e. The normalized spacial score (nSPS) is 15.2. The topological polar surface area (TPSA) is 86.3 Å². The summed E-state index contributed by atoms with van der Waals surface area (Å²) in [5, 5.41) is 16.6. The summed E-state index contributed by atoms with van der Waals surface area (Å²) in [6.45, 7) is 0. The second kappa shape index (κ2) is 7.52. The maximum atomic E-state index is 13.5. The highest BCUT2D eigenvalue weighted by Gasteiger charge is 2.43. The molecule has 0 spiro atoms. The fraction of sp³-hybridized carbons (Fsp3) is 0.0417. The van der Waals surface area contributed by atoms with Crippen LogP contribution in [0, 0.1) is 0 Å². The summed E-state index contributed by atoms with van der Waals surface area (Å²) in [6, 6.07) is 23.5. The molecule has 5 rings (SSSR count). The molecule has 0 aliphatic carbocycles. The van der Waals surface area contributed by atoms with Crippen molar-refractivity contribution in [1.29, 1.82) is 0 Å². The molecule has 3 aromatic carbocycles. The van der Waals surface area contributed by atoms with Crippen molar-refractivity contribution < 1.29 is 14.7 Å². The van der Waals surface area contributed by atoms with E-state index in [-0.39, 0.29) is 11.5 Å². The Balaban J connectivity index is 1.70. The van der Waals surface area contributed by atoms with E-state index in [1.165, 1.54) is 12.1 Å². The number of hydrogen-bond donors (Lipinski definition) is 2. The number of amides is 1. The van der Waals surface area contributed by atoms with E-state index in [0.29, 0.717) is 11.4 Å². The lowest BCUT2D eigenvalue weighted by atomic mass is 9.96. The molecule has 6 nitrogen and oxygen atoms in total. The molecule has 0 radical (unpaired) electrons. The first-order chi connectivity index (χ1) is 15.0. The summed E-state index contributed by atoms with van der Waals surface area (Å²) < 4.78 is 0.900. The highest BCUT2D eigenvalue weighted by molar-refractivity contribution is 9.10. The number of hydrogen-bond acceptors (Lipinski definition) is 3. The number of carbonyl (C=O) groups excluding carboxylic acids is 1. The number of rotatable bonds is 4. The molecule has 0 unspecified atom stereocenters. The van der Waals surface area contributed by atoms with Crippen molar-refractivity contribution in [3.05, 3.63) is 106 Å². The average molecular weight is 474 g/mol. The third-order valence-corrected chi connectivity index (χ3v) is 5.87. The molecule has 0 bridgehead atoms. The van der Waals surface area contributed by atoms with Gasteiger partial charge in [-0.3, -0.25) is 14.8 Å². The molecule has 31 heavy (non-hydrogen) atoms. The summed E-state index contributed by atoms with van der Waals surface area (Å²) in [5.74, 6) is -1.22. The molecule has 2 heterocycles. The Morgan fingerprint density at radius 3 is 2.42 bits per heavy atom. The Hall–Kier alpha value is -3.71. The molecule has 0 saturated carbocycles. The second-order valence-corrected chi connectivity index (χ2v) is 8.13. The number of nitrogens with one attached hydrogen (secondary N) is 1. The predicted molar refractivity (Wildman–Crippen MR) is 120 cm³/mol. The van der Waals surface area contributed by atoms with Crippen LogP contribution in [-0.2, 0) is 0 Å². The van der Waals surface area contributed by atoms with Crippen molar-refractivity contribution in [3.63, 3.8) is 0 Å². The van der Waals surface area contributed by atoms with E-state index in [1.807, 2.05) is 54.6 Å². The number of aromatic amines is 1. The van der Waals surface area contributed by atoms with Gasteiger partial charge in [0.1, 0.15) is 5.69 Å². The Bertz CT molecular complexity index is 1300. The van der Waals surface area contributed by atoms with Crippen LogP contribution in [0.5, 0.6) is 0 Å². The van der Waals surface area contributed by atoms with Crippen molar-refractivity contribution in [2.24, 2.45) is 0 Å². The fourth-order valence-corrected chi connectivity index (χ4v) is 4.40. The molecule has 1 aromatic heterocycles. The molecule has 1 amide bonds. The lowest BCUT2D eigenvalue weighted by Gasteiger charge is -2.26. The standard InChI is InChI=1S/C24H16BrN3O3/c25-17-8-4-7-16(13-17)22-19-20(14-5-2-1-3-6-14)26-27-21(19)23(29)28(22)18-11-9-15(10-12-18)24(30)31/h1-13,22H,(H,26,27)(H,30,31)/t22-/m0/s1. The lowest BCUT2D eigenvalue weighted by Crippen LogP contribution is -2.29. The molecule has 1 aliphatic rings. The highest BCUT2D eigenvalue weighted by atomic mass is 79.9. The number of benzene rings is 3. The summed E-state index contributed by atoms with van der Waals surface area (Å²) in [4.78, 5) is 26.4. The van der Waals surface area contributed by atoms with E-state index in [4.69, 9.17) is 0 Å². The number of aromatic nitrogens is 2. The van der Waals surface area contributed by atoms with Crippen LogP contribution in [0.2, 0.25) is 0 Å². The van der Waals surface area contributed by atoms with Crippen molar-refractivity contribution >= 4 is 33.5 Å². The van der Waals surface area contributed by atoms with Crippen molar-refractivity contribution in [3.8, 4) is 11.3 Å². The zero-order chi connectivity index (χ0) is 21.5. The zero-order valence-corrected chi connectivity index (χ0v) is 17.7. The van der Waals surface area contributed by atoms with Gasteiger partial charge in [0.25, 0.3) is 5.91 Å². The van der Waals surface area contributed by atoms with E-state index in [2.05, 4.69) is 26.1 Å². The van der Waals surface area contributed by atoms with Crippen LogP contribution in [0.15, 0.2) is 83.3 Å². The van der Waals surface area contributed by atoms with E-state index >= 15 is 0 Å². The number of nitrogens with zero attached hydrogens (tertiary/aromatic N) is 2.